The van der Waals surface area contributed by atoms with Crippen molar-refractivity contribution in [2.45, 2.75) is 12.8 Å². The van der Waals surface area contributed by atoms with E-state index in [9.17, 15) is 4.79 Å². The number of aryl methyl sites for hydroxylation is 1. The zero-order valence-electron chi connectivity index (χ0n) is 9.01. The fourth-order valence-electron chi connectivity index (χ4n) is 1.50. The molecule has 1 heterocycles. The summed E-state index contributed by atoms with van der Waals surface area (Å²) in [6.45, 7) is 0. The van der Waals surface area contributed by atoms with Crippen molar-refractivity contribution < 1.29 is 9.90 Å². The summed E-state index contributed by atoms with van der Waals surface area (Å²) in [5.74, 6) is -0.791. The Labute approximate surface area is 107 Å². The summed E-state index contributed by atoms with van der Waals surface area (Å²) in [4.78, 5) is 10.5. The molecule has 1 aromatic heterocycles. The van der Waals surface area contributed by atoms with Crippen LogP contribution in [0.3, 0.4) is 0 Å². The maximum absolute atomic E-state index is 10.5. The third kappa shape index (κ3) is 3.17. The van der Waals surface area contributed by atoms with Crippen LogP contribution in [0.1, 0.15) is 12.0 Å². The molecule has 1 N–H and O–H groups in total. The summed E-state index contributed by atoms with van der Waals surface area (Å²) >= 11 is 3.40. The molecule has 0 aliphatic rings. The molecule has 0 fully saturated rings. The van der Waals surface area contributed by atoms with Crippen LogP contribution >= 0.6 is 15.9 Å². The standard InChI is InChI=1S/C12H11BrN2O2/c13-10-2-1-3-11(6-10)15-8-9(7-14-15)4-5-12(16)17/h1-3,6-8H,4-5H2,(H,16,17). The number of nitrogens with zero attached hydrogens (tertiary/aromatic N) is 2. The summed E-state index contributed by atoms with van der Waals surface area (Å²) < 4.78 is 2.72. The second-order valence-electron chi connectivity index (χ2n) is 3.67. The van der Waals surface area contributed by atoms with Gasteiger partial charge in [-0.05, 0) is 30.2 Å². The number of rotatable bonds is 4. The average Bonchev–Trinajstić information content (AvgIpc) is 2.75. The molecule has 0 unspecified atom stereocenters. The van der Waals surface area contributed by atoms with Crippen molar-refractivity contribution in [3.05, 3.63) is 46.7 Å². The highest BCUT2D eigenvalue weighted by Crippen LogP contribution is 2.15. The van der Waals surface area contributed by atoms with Crippen molar-refractivity contribution in [3.63, 3.8) is 0 Å². The highest BCUT2D eigenvalue weighted by molar-refractivity contribution is 9.10. The Bertz CT molecular complexity index is 537. The van der Waals surface area contributed by atoms with Crippen molar-refractivity contribution in [1.82, 2.24) is 9.78 Å². The van der Waals surface area contributed by atoms with E-state index < -0.39 is 5.97 Å². The summed E-state index contributed by atoms with van der Waals surface area (Å²) in [5, 5.41) is 12.8. The van der Waals surface area contributed by atoms with Gasteiger partial charge >= 0.3 is 5.97 Å². The lowest BCUT2D eigenvalue weighted by molar-refractivity contribution is -0.136. The molecule has 2 rings (SSSR count). The van der Waals surface area contributed by atoms with Gasteiger partial charge in [0.15, 0.2) is 0 Å². The van der Waals surface area contributed by atoms with E-state index in [1.165, 1.54) is 0 Å². The summed E-state index contributed by atoms with van der Waals surface area (Å²) in [7, 11) is 0. The van der Waals surface area contributed by atoms with Crippen LogP contribution in [0, 0.1) is 0 Å². The van der Waals surface area contributed by atoms with Gasteiger partial charge < -0.3 is 5.11 Å². The third-order valence-electron chi connectivity index (χ3n) is 2.34. The smallest absolute Gasteiger partial charge is 0.303 e. The molecule has 0 aliphatic carbocycles. The maximum atomic E-state index is 10.5. The second kappa shape index (κ2) is 5.14. The first-order valence-electron chi connectivity index (χ1n) is 5.16. The summed E-state index contributed by atoms with van der Waals surface area (Å²) in [6, 6.07) is 7.77. The zero-order valence-corrected chi connectivity index (χ0v) is 10.6. The molecule has 0 aliphatic heterocycles. The second-order valence-corrected chi connectivity index (χ2v) is 4.58. The van der Waals surface area contributed by atoms with Gasteiger partial charge in [-0.25, -0.2) is 4.68 Å². The lowest BCUT2D eigenvalue weighted by Crippen LogP contribution is -1.96. The predicted octanol–water partition coefficient (Wildman–Crippen LogP) is 2.65. The highest BCUT2D eigenvalue weighted by atomic mass is 79.9. The lowest BCUT2D eigenvalue weighted by atomic mass is 10.2. The van der Waals surface area contributed by atoms with E-state index in [1.54, 1.807) is 10.9 Å². The monoisotopic (exact) mass is 294 g/mol. The van der Waals surface area contributed by atoms with Crippen LogP contribution in [0.5, 0.6) is 0 Å². The summed E-state index contributed by atoms with van der Waals surface area (Å²) in [6.07, 6.45) is 4.18. The molecule has 0 amide bonds. The number of carboxylic acids is 1. The van der Waals surface area contributed by atoms with E-state index in [0.29, 0.717) is 6.42 Å². The van der Waals surface area contributed by atoms with E-state index in [4.69, 9.17) is 5.11 Å². The Kier molecular flexibility index (Phi) is 3.58. The molecule has 1 aromatic carbocycles. The third-order valence-corrected chi connectivity index (χ3v) is 2.83. The minimum atomic E-state index is -0.791. The molecule has 0 spiro atoms. The SMILES string of the molecule is O=C(O)CCc1cnn(-c2cccc(Br)c2)c1. The minimum absolute atomic E-state index is 0.129. The quantitative estimate of drug-likeness (QED) is 0.943. The molecule has 0 saturated carbocycles. The van der Waals surface area contributed by atoms with Crippen LogP contribution in [0.15, 0.2) is 41.1 Å². The van der Waals surface area contributed by atoms with Crippen LogP contribution in [-0.4, -0.2) is 20.9 Å². The number of carboxylic acid groups (broad SMARTS) is 1. The van der Waals surface area contributed by atoms with Crippen molar-refractivity contribution in [2.24, 2.45) is 0 Å². The van der Waals surface area contributed by atoms with E-state index in [0.717, 1.165) is 15.7 Å². The van der Waals surface area contributed by atoms with Crippen molar-refractivity contribution >= 4 is 21.9 Å². The molecule has 4 nitrogen and oxygen atoms in total. The van der Waals surface area contributed by atoms with Gasteiger partial charge in [-0.2, -0.15) is 5.10 Å². The van der Waals surface area contributed by atoms with Crippen molar-refractivity contribution in [2.75, 3.05) is 0 Å². The molecular weight excluding hydrogens is 284 g/mol. The molecular formula is C12H11BrN2O2. The van der Waals surface area contributed by atoms with Crippen LogP contribution in [-0.2, 0) is 11.2 Å². The normalized spacial score (nSPS) is 10.4. The van der Waals surface area contributed by atoms with Crippen LogP contribution < -0.4 is 0 Å². The van der Waals surface area contributed by atoms with Gasteiger partial charge in [0.2, 0.25) is 0 Å². The topological polar surface area (TPSA) is 55.1 Å². The van der Waals surface area contributed by atoms with Gasteiger partial charge in [-0.3, -0.25) is 4.79 Å². The van der Waals surface area contributed by atoms with Gasteiger partial charge in [0.1, 0.15) is 0 Å². The van der Waals surface area contributed by atoms with Crippen LogP contribution in [0.4, 0.5) is 0 Å². The molecule has 2 aromatic rings. The van der Waals surface area contributed by atoms with Crippen molar-refractivity contribution in [1.29, 1.82) is 0 Å². The number of halogens is 1. The number of aromatic nitrogens is 2. The molecule has 5 heteroatoms. The van der Waals surface area contributed by atoms with Gasteiger partial charge in [0.25, 0.3) is 0 Å². The number of aliphatic carboxylic acids is 1. The maximum Gasteiger partial charge on any atom is 0.303 e. The number of hydrogen-bond acceptors (Lipinski definition) is 2. The fraction of sp³-hybridized carbons (Fsp3) is 0.167. The predicted molar refractivity (Wildman–Crippen MR) is 67.2 cm³/mol. The van der Waals surface area contributed by atoms with E-state index in [1.807, 2.05) is 30.5 Å². The highest BCUT2D eigenvalue weighted by Gasteiger charge is 2.03. The fourth-order valence-corrected chi connectivity index (χ4v) is 1.89. The molecule has 0 atom stereocenters. The van der Waals surface area contributed by atoms with Gasteiger partial charge in [0, 0.05) is 17.1 Å². The molecule has 0 saturated heterocycles. The molecule has 0 radical (unpaired) electrons. The Morgan fingerprint density at radius 3 is 3.00 bits per heavy atom. The van der Waals surface area contributed by atoms with E-state index >= 15 is 0 Å². The Hall–Kier alpha value is -1.62. The Balaban J connectivity index is 2.15. The zero-order chi connectivity index (χ0) is 12.3. The number of benzene rings is 1. The Morgan fingerprint density at radius 2 is 2.29 bits per heavy atom. The minimum Gasteiger partial charge on any atom is -0.481 e. The Morgan fingerprint density at radius 1 is 1.47 bits per heavy atom. The number of carbonyl (C=O) groups is 1. The largest absolute Gasteiger partial charge is 0.481 e. The van der Waals surface area contributed by atoms with E-state index in [-0.39, 0.29) is 6.42 Å². The first-order chi connectivity index (χ1) is 8.15. The van der Waals surface area contributed by atoms with Gasteiger partial charge in [-0.1, -0.05) is 22.0 Å². The van der Waals surface area contributed by atoms with E-state index in [2.05, 4.69) is 21.0 Å². The molecule has 17 heavy (non-hydrogen) atoms. The van der Waals surface area contributed by atoms with Gasteiger partial charge in [0.05, 0.1) is 11.9 Å². The van der Waals surface area contributed by atoms with Crippen molar-refractivity contribution in [3.8, 4) is 5.69 Å². The van der Waals surface area contributed by atoms with Crippen LogP contribution in [0.2, 0.25) is 0 Å². The molecule has 0 bridgehead atoms. The first-order valence-corrected chi connectivity index (χ1v) is 5.96. The van der Waals surface area contributed by atoms with Gasteiger partial charge in [-0.15, -0.1) is 0 Å². The lowest BCUT2D eigenvalue weighted by Gasteiger charge is -2.00. The average molecular weight is 295 g/mol. The van der Waals surface area contributed by atoms with Crippen LogP contribution in [0.25, 0.3) is 5.69 Å². The number of hydrogen-bond donors (Lipinski definition) is 1. The first kappa shape index (κ1) is 11.9. The summed E-state index contributed by atoms with van der Waals surface area (Å²) in [5.41, 5.74) is 1.87. The molecule has 88 valence electrons.